The lowest BCUT2D eigenvalue weighted by molar-refractivity contribution is 0.0474. The van der Waals surface area contributed by atoms with Crippen molar-refractivity contribution in [3.05, 3.63) is 58.4 Å². The second kappa shape index (κ2) is 7.79. The number of methoxy groups -OCH3 is 2. The van der Waals surface area contributed by atoms with Crippen molar-refractivity contribution in [2.24, 2.45) is 0 Å². The van der Waals surface area contributed by atoms with Gasteiger partial charge in [0, 0.05) is 6.07 Å². The smallest absolute Gasteiger partial charge is 0.340 e. The molecule has 0 atom stereocenters. The van der Waals surface area contributed by atoms with E-state index in [1.807, 2.05) is 0 Å². The highest BCUT2D eigenvalue weighted by molar-refractivity contribution is 6.33. The van der Waals surface area contributed by atoms with Gasteiger partial charge in [0.2, 0.25) is 5.78 Å². The number of carbonyl (C=O) groups is 2. The number of esters is 1. The fourth-order valence-electron chi connectivity index (χ4n) is 1.97. The maximum absolute atomic E-state index is 13.0. The van der Waals surface area contributed by atoms with Crippen molar-refractivity contribution in [2.75, 3.05) is 20.8 Å². The van der Waals surface area contributed by atoms with Crippen LogP contribution in [0.15, 0.2) is 36.4 Å². The van der Waals surface area contributed by atoms with Crippen molar-refractivity contribution in [1.29, 1.82) is 0 Å². The Hall–Kier alpha value is -2.60. The molecule has 5 nitrogen and oxygen atoms in total. The number of rotatable bonds is 6. The second-order valence-corrected chi connectivity index (χ2v) is 5.10. The van der Waals surface area contributed by atoms with Gasteiger partial charge in [0.05, 0.1) is 30.4 Å². The topological polar surface area (TPSA) is 61.8 Å². The molecule has 0 aliphatic heterocycles. The molecule has 126 valence electrons. The lowest BCUT2D eigenvalue weighted by Gasteiger charge is -2.10. The highest BCUT2D eigenvalue weighted by Gasteiger charge is 2.18. The van der Waals surface area contributed by atoms with Gasteiger partial charge in [-0.25, -0.2) is 9.18 Å². The number of ether oxygens (including phenoxy) is 3. The normalized spacial score (nSPS) is 10.2. The van der Waals surface area contributed by atoms with Crippen LogP contribution in [0.4, 0.5) is 4.39 Å². The molecule has 7 heteroatoms. The quantitative estimate of drug-likeness (QED) is 0.588. The molecule has 0 spiro atoms. The Labute approximate surface area is 142 Å². The highest BCUT2D eigenvalue weighted by Crippen LogP contribution is 2.25. The summed E-state index contributed by atoms with van der Waals surface area (Å²) in [7, 11) is 2.90. The molecule has 24 heavy (non-hydrogen) atoms. The molecular weight excluding hydrogens is 339 g/mol. The average Bonchev–Trinajstić information content (AvgIpc) is 2.58. The maximum atomic E-state index is 13.0. The van der Waals surface area contributed by atoms with Crippen molar-refractivity contribution in [3.63, 3.8) is 0 Å². The molecule has 0 saturated carbocycles. The van der Waals surface area contributed by atoms with Gasteiger partial charge in [-0.05, 0) is 30.3 Å². The Morgan fingerprint density at radius 3 is 2.38 bits per heavy atom. The van der Waals surface area contributed by atoms with Crippen LogP contribution in [-0.2, 0) is 4.74 Å². The van der Waals surface area contributed by atoms with Crippen molar-refractivity contribution in [1.82, 2.24) is 0 Å². The van der Waals surface area contributed by atoms with E-state index in [0.29, 0.717) is 11.5 Å². The van der Waals surface area contributed by atoms with Gasteiger partial charge in [0.25, 0.3) is 0 Å². The minimum absolute atomic E-state index is 0.0208. The van der Waals surface area contributed by atoms with Gasteiger partial charge < -0.3 is 14.2 Å². The van der Waals surface area contributed by atoms with Crippen LogP contribution < -0.4 is 9.47 Å². The predicted octanol–water partition coefficient (Wildman–Crippen LogP) is 3.54. The van der Waals surface area contributed by atoms with Crippen LogP contribution in [0, 0.1) is 5.82 Å². The zero-order valence-corrected chi connectivity index (χ0v) is 13.7. The van der Waals surface area contributed by atoms with Crippen LogP contribution in [-0.4, -0.2) is 32.6 Å². The Morgan fingerprint density at radius 2 is 1.75 bits per heavy atom. The fraction of sp³-hybridized carbons (Fsp3) is 0.176. The first-order chi connectivity index (χ1) is 11.5. The molecule has 0 aromatic heterocycles. The monoisotopic (exact) mass is 352 g/mol. The van der Waals surface area contributed by atoms with E-state index in [2.05, 4.69) is 0 Å². The average molecular weight is 353 g/mol. The van der Waals surface area contributed by atoms with Crippen molar-refractivity contribution < 1.29 is 28.2 Å². The summed E-state index contributed by atoms with van der Waals surface area (Å²) in [4.78, 5) is 24.1. The highest BCUT2D eigenvalue weighted by atomic mass is 35.5. The van der Waals surface area contributed by atoms with Crippen molar-refractivity contribution in [3.8, 4) is 11.5 Å². The third-order valence-electron chi connectivity index (χ3n) is 3.19. The van der Waals surface area contributed by atoms with Gasteiger partial charge in [-0.3, -0.25) is 4.79 Å². The molecule has 0 aliphatic rings. The van der Waals surface area contributed by atoms with Crippen LogP contribution in [0.2, 0.25) is 5.02 Å². The van der Waals surface area contributed by atoms with Gasteiger partial charge in [0.1, 0.15) is 17.3 Å². The van der Waals surface area contributed by atoms with E-state index in [-0.39, 0.29) is 16.1 Å². The number of halogens is 2. The molecule has 0 radical (unpaired) electrons. The van der Waals surface area contributed by atoms with Gasteiger partial charge in [-0.15, -0.1) is 0 Å². The summed E-state index contributed by atoms with van der Waals surface area (Å²) < 4.78 is 28.1. The number of hydrogen-bond donors (Lipinski definition) is 0. The molecule has 0 amide bonds. The zero-order valence-electron chi connectivity index (χ0n) is 13.0. The molecule has 0 aliphatic carbocycles. The largest absolute Gasteiger partial charge is 0.497 e. The number of carbonyl (C=O) groups excluding carboxylic acids is 2. The SMILES string of the molecule is COc1ccc(C(=O)COC(=O)c2ccc(F)cc2Cl)c(OC)c1. The number of hydrogen-bond acceptors (Lipinski definition) is 5. The molecule has 2 aromatic rings. The first kappa shape index (κ1) is 17.7. The van der Waals surface area contributed by atoms with E-state index < -0.39 is 24.2 Å². The molecule has 0 fully saturated rings. The Kier molecular flexibility index (Phi) is 5.76. The van der Waals surface area contributed by atoms with Crippen molar-refractivity contribution in [2.45, 2.75) is 0 Å². The van der Waals surface area contributed by atoms with Gasteiger partial charge >= 0.3 is 5.97 Å². The van der Waals surface area contributed by atoms with Crippen molar-refractivity contribution >= 4 is 23.4 Å². The number of ketones is 1. The number of Topliss-reactive ketones (excluding diaryl/α,β-unsaturated/α-hetero) is 1. The van der Waals surface area contributed by atoms with E-state index in [9.17, 15) is 14.0 Å². The molecule has 0 unspecified atom stereocenters. The Bertz CT molecular complexity index is 776. The first-order valence-corrected chi connectivity index (χ1v) is 7.21. The summed E-state index contributed by atoms with van der Waals surface area (Å²) in [6, 6.07) is 7.92. The molecule has 0 bridgehead atoms. The fourth-order valence-corrected chi connectivity index (χ4v) is 2.21. The molecule has 0 heterocycles. The maximum Gasteiger partial charge on any atom is 0.340 e. The first-order valence-electron chi connectivity index (χ1n) is 6.83. The van der Waals surface area contributed by atoms with E-state index in [4.69, 9.17) is 25.8 Å². The summed E-state index contributed by atoms with van der Waals surface area (Å²) in [6.45, 7) is -0.505. The summed E-state index contributed by atoms with van der Waals surface area (Å²) in [6.07, 6.45) is 0. The molecular formula is C17H14ClFO5. The third kappa shape index (κ3) is 4.02. The van der Waals surface area contributed by atoms with E-state index in [0.717, 1.165) is 12.1 Å². The predicted molar refractivity (Wildman–Crippen MR) is 85.6 cm³/mol. The summed E-state index contributed by atoms with van der Waals surface area (Å²) in [5.41, 5.74) is 0.226. The number of benzene rings is 2. The van der Waals surface area contributed by atoms with Crippen LogP contribution in [0.1, 0.15) is 20.7 Å². The molecule has 0 saturated heterocycles. The van der Waals surface area contributed by atoms with E-state index in [1.165, 1.54) is 26.4 Å². The minimum Gasteiger partial charge on any atom is -0.497 e. The van der Waals surface area contributed by atoms with E-state index in [1.54, 1.807) is 12.1 Å². The third-order valence-corrected chi connectivity index (χ3v) is 3.51. The standard InChI is InChI=1S/C17H14ClFO5/c1-22-11-4-6-13(16(8-11)23-2)15(20)9-24-17(21)12-5-3-10(19)7-14(12)18/h3-8H,9H2,1-2H3. The molecule has 2 aromatic carbocycles. The van der Waals surface area contributed by atoms with Gasteiger partial charge in [-0.2, -0.15) is 0 Å². The minimum atomic E-state index is -0.819. The van der Waals surface area contributed by atoms with Gasteiger partial charge in [0.15, 0.2) is 6.61 Å². The van der Waals surface area contributed by atoms with Crippen LogP contribution in [0.3, 0.4) is 0 Å². The van der Waals surface area contributed by atoms with E-state index >= 15 is 0 Å². The lowest BCUT2D eigenvalue weighted by atomic mass is 10.1. The molecule has 2 rings (SSSR count). The Morgan fingerprint density at radius 1 is 1.04 bits per heavy atom. The Balaban J connectivity index is 2.09. The summed E-state index contributed by atoms with van der Waals surface area (Å²) in [5.74, 6) is -1.02. The summed E-state index contributed by atoms with van der Waals surface area (Å²) in [5, 5.41) is -0.0884. The summed E-state index contributed by atoms with van der Waals surface area (Å²) >= 11 is 5.78. The molecule has 0 N–H and O–H groups in total. The zero-order chi connectivity index (χ0) is 17.7. The second-order valence-electron chi connectivity index (χ2n) is 4.69. The van der Waals surface area contributed by atoms with Gasteiger partial charge in [-0.1, -0.05) is 11.6 Å². The van der Waals surface area contributed by atoms with Crippen LogP contribution >= 0.6 is 11.6 Å². The van der Waals surface area contributed by atoms with Crippen LogP contribution in [0.5, 0.6) is 11.5 Å². The lowest BCUT2D eigenvalue weighted by Crippen LogP contribution is -2.15. The van der Waals surface area contributed by atoms with Crippen LogP contribution in [0.25, 0.3) is 0 Å².